The molecule has 2 aromatic rings. The molecular formula is C16H14ClN3O. The molecule has 106 valence electrons. The SMILES string of the molecule is Cc1cc(Cl)ccc1NCC(=O)Nc1cccc(C#N)c1. The number of carbonyl (C=O) groups is 1. The van der Waals surface area contributed by atoms with Gasteiger partial charge in [-0.2, -0.15) is 5.26 Å². The van der Waals surface area contributed by atoms with E-state index in [9.17, 15) is 4.79 Å². The minimum absolute atomic E-state index is 0.138. The summed E-state index contributed by atoms with van der Waals surface area (Å²) >= 11 is 5.88. The van der Waals surface area contributed by atoms with E-state index in [1.807, 2.05) is 25.1 Å². The molecule has 0 fully saturated rings. The molecule has 1 amide bonds. The smallest absolute Gasteiger partial charge is 0.243 e. The standard InChI is InChI=1S/C16H14ClN3O/c1-11-7-13(17)5-6-15(11)19-10-16(21)20-14-4-2-3-12(8-14)9-18/h2-8,19H,10H2,1H3,(H,20,21). The van der Waals surface area contributed by atoms with Crippen LogP contribution in [0.4, 0.5) is 11.4 Å². The van der Waals surface area contributed by atoms with Crippen molar-refractivity contribution in [3.63, 3.8) is 0 Å². The van der Waals surface area contributed by atoms with Crippen molar-refractivity contribution in [3.8, 4) is 6.07 Å². The first-order valence-corrected chi connectivity index (χ1v) is 6.76. The lowest BCUT2D eigenvalue weighted by Gasteiger charge is -2.10. The Morgan fingerprint density at radius 1 is 1.29 bits per heavy atom. The maximum atomic E-state index is 11.9. The van der Waals surface area contributed by atoms with Crippen molar-refractivity contribution < 1.29 is 4.79 Å². The summed E-state index contributed by atoms with van der Waals surface area (Å²) in [5.41, 5.74) is 2.95. The summed E-state index contributed by atoms with van der Waals surface area (Å²) in [6.45, 7) is 2.06. The number of hydrogen-bond donors (Lipinski definition) is 2. The molecule has 21 heavy (non-hydrogen) atoms. The summed E-state index contributed by atoms with van der Waals surface area (Å²) in [5, 5.41) is 15.3. The van der Waals surface area contributed by atoms with Gasteiger partial charge in [-0.05, 0) is 48.9 Å². The van der Waals surface area contributed by atoms with E-state index in [-0.39, 0.29) is 12.5 Å². The van der Waals surface area contributed by atoms with Crippen LogP contribution >= 0.6 is 11.6 Å². The van der Waals surface area contributed by atoms with Crippen molar-refractivity contribution in [1.82, 2.24) is 0 Å². The van der Waals surface area contributed by atoms with Crippen LogP contribution in [0.15, 0.2) is 42.5 Å². The molecule has 0 saturated carbocycles. The van der Waals surface area contributed by atoms with Crippen LogP contribution in [0.2, 0.25) is 5.02 Å². The molecule has 5 heteroatoms. The highest BCUT2D eigenvalue weighted by Crippen LogP contribution is 2.19. The van der Waals surface area contributed by atoms with E-state index >= 15 is 0 Å². The molecule has 0 aliphatic rings. The van der Waals surface area contributed by atoms with Gasteiger partial charge in [-0.15, -0.1) is 0 Å². The van der Waals surface area contributed by atoms with E-state index in [1.165, 1.54) is 0 Å². The number of benzene rings is 2. The summed E-state index contributed by atoms with van der Waals surface area (Å²) < 4.78 is 0. The summed E-state index contributed by atoms with van der Waals surface area (Å²) in [5.74, 6) is -0.181. The summed E-state index contributed by atoms with van der Waals surface area (Å²) in [4.78, 5) is 11.9. The largest absolute Gasteiger partial charge is 0.376 e. The Morgan fingerprint density at radius 3 is 2.81 bits per heavy atom. The quantitative estimate of drug-likeness (QED) is 0.907. The van der Waals surface area contributed by atoms with Crippen LogP contribution in [0.25, 0.3) is 0 Å². The first kappa shape index (κ1) is 14.9. The van der Waals surface area contributed by atoms with Crippen LogP contribution < -0.4 is 10.6 Å². The predicted molar refractivity (Wildman–Crippen MR) is 84.5 cm³/mol. The Labute approximate surface area is 128 Å². The lowest BCUT2D eigenvalue weighted by Crippen LogP contribution is -2.22. The van der Waals surface area contributed by atoms with Crippen LogP contribution in [-0.4, -0.2) is 12.5 Å². The van der Waals surface area contributed by atoms with Gasteiger partial charge in [0.25, 0.3) is 0 Å². The van der Waals surface area contributed by atoms with Gasteiger partial charge in [0.05, 0.1) is 18.2 Å². The molecule has 2 N–H and O–H groups in total. The summed E-state index contributed by atoms with van der Waals surface area (Å²) in [7, 11) is 0. The van der Waals surface area contributed by atoms with Gasteiger partial charge in [0, 0.05) is 16.4 Å². The normalized spacial score (nSPS) is 9.76. The zero-order chi connectivity index (χ0) is 15.2. The summed E-state index contributed by atoms with van der Waals surface area (Å²) in [6.07, 6.45) is 0. The van der Waals surface area contributed by atoms with Crippen molar-refractivity contribution in [3.05, 3.63) is 58.6 Å². The van der Waals surface area contributed by atoms with Gasteiger partial charge >= 0.3 is 0 Å². The third kappa shape index (κ3) is 4.23. The number of nitriles is 1. The van der Waals surface area contributed by atoms with E-state index in [0.717, 1.165) is 11.3 Å². The van der Waals surface area contributed by atoms with Gasteiger partial charge in [0.1, 0.15) is 0 Å². The fraction of sp³-hybridized carbons (Fsp3) is 0.125. The van der Waals surface area contributed by atoms with E-state index in [0.29, 0.717) is 16.3 Å². The minimum atomic E-state index is -0.181. The molecule has 0 aliphatic heterocycles. The molecule has 0 unspecified atom stereocenters. The number of carbonyl (C=O) groups excluding carboxylic acids is 1. The van der Waals surface area contributed by atoms with Gasteiger partial charge in [0.15, 0.2) is 0 Å². The number of aryl methyl sites for hydroxylation is 1. The number of hydrogen-bond acceptors (Lipinski definition) is 3. The highest BCUT2D eigenvalue weighted by atomic mass is 35.5. The lowest BCUT2D eigenvalue weighted by atomic mass is 10.2. The highest BCUT2D eigenvalue weighted by Gasteiger charge is 2.04. The van der Waals surface area contributed by atoms with Crippen LogP contribution in [0.1, 0.15) is 11.1 Å². The van der Waals surface area contributed by atoms with Gasteiger partial charge < -0.3 is 10.6 Å². The van der Waals surface area contributed by atoms with E-state index in [1.54, 1.807) is 30.3 Å². The van der Waals surface area contributed by atoms with Gasteiger partial charge in [-0.25, -0.2) is 0 Å². The number of amides is 1. The lowest BCUT2D eigenvalue weighted by molar-refractivity contribution is -0.114. The Balaban J connectivity index is 1.94. The molecule has 0 saturated heterocycles. The first-order valence-electron chi connectivity index (χ1n) is 6.38. The van der Waals surface area contributed by atoms with E-state index in [2.05, 4.69) is 10.6 Å². The van der Waals surface area contributed by atoms with E-state index in [4.69, 9.17) is 16.9 Å². The van der Waals surface area contributed by atoms with Crippen LogP contribution in [0, 0.1) is 18.3 Å². The monoisotopic (exact) mass is 299 g/mol. The van der Waals surface area contributed by atoms with E-state index < -0.39 is 0 Å². The fourth-order valence-corrected chi connectivity index (χ4v) is 2.10. The second kappa shape index (κ2) is 6.78. The number of halogens is 1. The average molecular weight is 300 g/mol. The molecule has 0 radical (unpaired) electrons. The number of rotatable bonds is 4. The van der Waals surface area contributed by atoms with Crippen molar-refractivity contribution >= 4 is 28.9 Å². The minimum Gasteiger partial charge on any atom is -0.376 e. The first-order chi connectivity index (χ1) is 10.1. The Bertz CT molecular complexity index is 707. The van der Waals surface area contributed by atoms with Gasteiger partial charge in [0.2, 0.25) is 5.91 Å². The molecule has 0 spiro atoms. The molecule has 0 heterocycles. The molecule has 2 aromatic carbocycles. The maximum absolute atomic E-state index is 11.9. The molecule has 0 atom stereocenters. The van der Waals surface area contributed by atoms with Crippen molar-refractivity contribution in [2.75, 3.05) is 17.2 Å². The third-order valence-corrected chi connectivity index (χ3v) is 3.14. The molecule has 0 bridgehead atoms. The van der Waals surface area contributed by atoms with Crippen LogP contribution in [0.3, 0.4) is 0 Å². The highest BCUT2D eigenvalue weighted by molar-refractivity contribution is 6.30. The predicted octanol–water partition coefficient (Wildman–Crippen LogP) is 3.57. The molecule has 0 aliphatic carbocycles. The average Bonchev–Trinajstić information content (AvgIpc) is 2.46. The van der Waals surface area contributed by atoms with Crippen molar-refractivity contribution in [1.29, 1.82) is 5.26 Å². The maximum Gasteiger partial charge on any atom is 0.243 e. The van der Waals surface area contributed by atoms with Crippen molar-refractivity contribution in [2.24, 2.45) is 0 Å². The van der Waals surface area contributed by atoms with Gasteiger partial charge in [-0.3, -0.25) is 4.79 Å². The molecule has 2 rings (SSSR count). The third-order valence-electron chi connectivity index (χ3n) is 2.90. The second-order valence-corrected chi connectivity index (χ2v) is 4.99. The number of nitrogens with one attached hydrogen (secondary N) is 2. The zero-order valence-corrected chi connectivity index (χ0v) is 12.2. The Morgan fingerprint density at radius 2 is 2.10 bits per heavy atom. The second-order valence-electron chi connectivity index (χ2n) is 4.55. The van der Waals surface area contributed by atoms with Crippen molar-refractivity contribution in [2.45, 2.75) is 6.92 Å². The van der Waals surface area contributed by atoms with Crippen LogP contribution in [0.5, 0.6) is 0 Å². The van der Waals surface area contributed by atoms with Gasteiger partial charge in [-0.1, -0.05) is 17.7 Å². The summed E-state index contributed by atoms with van der Waals surface area (Å²) in [6, 6.07) is 14.3. The molecular weight excluding hydrogens is 286 g/mol. The number of anilines is 2. The topological polar surface area (TPSA) is 64.9 Å². The van der Waals surface area contributed by atoms with Crippen LogP contribution in [-0.2, 0) is 4.79 Å². The fourth-order valence-electron chi connectivity index (χ4n) is 1.87. The Hall–Kier alpha value is -2.51. The number of nitrogens with zero attached hydrogens (tertiary/aromatic N) is 1. The molecule has 4 nitrogen and oxygen atoms in total. The zero-order valence-electron chi connectivity index (χ0n) is 11.5. The molecule has 0 aromatic heterocycles. The Kier molecular flexibility index (Phi) is 4.81.